The van der Waals surface area contributed by atoms with E-state index < -0.39 is 5.97 Å². The Kier molecular flexibility index (Phi) is 5.11. The summed E-state index contributed by atoms with van der Waals surface area (Å²) in [6, 6.07) is 0.488. The van der Waals surface area contributed by atoms with Crippen LogP contribution >= 0.6 is 0 Å². The van der Waals surface area contributed by atoms with Crippen LogP contribution in [0.4, 0.5) is 0 Å². The molecule has 0 aromatic carbocycles. The van der Waals surface area contributed by atoms with E-state index in [0.29, 0.717) is 12.0 Å². The Morgan fingerprint density at radius 3 is 2.40 bits per heavy atom. The van der Waals surface area contributed by atoms with Crippen molar-refractivity contribution in [3.63, 3.8) is 0 Å². The third kappa shape index (κ3) is 3.36. The van der Waals surface area contributed by atoms with Crippen molar-refractivity contribution in [1.29, 1.82) is 0 Å². The Labute approximate surface area is 123 Å². The van der Waals surface area contributed by atoms with Gasteiger partial charge in [0.1, 0.15) is 0 Å². The number of hydrogen-bond donors (Lipinski definition) is 2. The van der Waals surface area contributed by atoms with Gasteiger partial charge in [0.25, 0.3) is 0 Å². The van der Waals surface area contributed by atoms with Crippen LogP contribution in [0.25, 0.3) is 0 Å². The summed E-state index contributed by atoms with van der Waals surface area (Å²) in [5.74, 6) is 0.454. The highest BCUT2D eigenvalue weighted by Gasteiger charge is 2.46. The minimum atomic E-state index is -0.618. The zero-order chi connectivity index (χ0) is 14.8. The molecule has 2 fully saturated rings. The van der Waals surface area contributed by atoms with Gasteiger partial charge in [-0.25, -0.2) is 0 Å². The Morgan fingerprint density at radius 1 is 1.15 bits per heavy atom. The van der Waals surface area contributed by atoms with Gasteiger partial charge in [-0.15, -0.1) is 0 Å². The maximum Gasteiger partial charge on any atom is 0.307 e. The molecule has 0 bridgehead atoms. The van der Waals surface area contributed by atoms with Crippen molar-refractivity contribution in [2.45, 2.75) is 71.8 Å². The van der Waals surface area contributed by atoms with Crippen LogP contribution in [0.1, 0.15) is 65.7 Å². The molecule has 0 saturated heterocycles. The lowest BCUT2D eigenvalue weighted by atomic mass is 9.61. The third-order valence-corrected chi connectivity index (χ3v) is 6.13. The predicted molar refractivity (Wildman–Crippen MR) is 81.7 cm³/mol. The molecule has 0 aliphatic heterocycles. The van der Waals surface area contributed by atoms with Crippen LogP contribution in [-0.2, 0) is 4.79 Å². The van der Waals surface area contributed by atoms with E-state index in [1.807, 2.05) is 0 Å². The standard InChI is InChI=1S/C17H31NO2/c1-12-15(18-11-13-7-5-4-6-8-13)10-9-14(16(19)20)17(12,2)3/h12-15,18H,4-11H2,1-3H3,(H,19,20). The summed E-state index contributed by atoms with van der Waals surface area (Å²) < 4.78 is 0. The topological polar surface area (TPSA) is 49.3 Å². The van der Waals surface area contributed by atoms with Crippen LogP contribution in [-0.4, -0.2) is 23.7 Å². The second-order valence-electron chi connectivity index (χ2n) is 7.60. The highest BCUT2D eigenvalue weighted by atomic mass is 16.4. The Hall–Kier alpha value is -0.570. The molecule has 2 N–H and O–H groups in total. The molecule has 0 heterocycles. The quantitative estimate of drug-likeness (QED) is 0.826. The van der Waals surface area contributed by atoms with Crippen molar-refractivity contribution in [3.05, 3.63) is 0 Å². The van der Waals surface area contributed by atoms with E-state index in [1.165, 1.54) is 32.1 Å². The van der Waals surface area contributed by atoms with Gasteiger partial charge in [0.2, 0.25) is 0 Å². The van der Waals surface area contributed by atoms with Crippen molar-refractivity contribution in [3.8, 4) is 0 Å². The van der Waals surface area contributed by atoms with Crippen LogP contribution in [0.2, 0.25) is 0 Å². The summed E-state index contributed by atoms with van der Waals surface area (Å²) >= 11 is 0. The lowest BCUT2D eigenvalue weighted by Crippen LogP contribution is -2.51. The molecule has 0 aromatic heterocycles. The highest BCUT2D eigenvalue weighted by molar-refractivity contribution is 5.71. The van der Waals surface area contributed by atoms with Gasteiger partial charge in [-0.1, -0.05) is 40.0 Å². The van der Waals surface area contributed by atoms with Gasteiger partial charge in [-0.2, -0.15) is 0 Å². The largest absolute Gasteiger partial charge is 0.481 e. The molecule has 0 aromatic rings. The SMILES string of the molecule is CC1C(NCC2CCCCC2)CCC(C(=O)O)C1(C)C. The first-order valence-corrected chi connectivity index (χ1v) is 8.39. The molecule has 0 amide bonds. The molecule has 3 atom stereocenters. The third-order valence-electron chi connectivity index (χ3n) is 6.13. The van der Waals surface area contributed by atoms with Crippen LogP contribution < -0.4 is 5.32 Å². The van der Waals surface area contributed by atoms with Crippen LogP contribution in [0.3, 0.4) is 0 Å². The van der Waals surface area contributed by atoms with E-state index in [2.05, 4.69) is 26.1 Å². The molecule has 2 saturated carbocycles. The molecule has 3 nitrogen and oxygen atoms in total. The van der Waals surface area contributed by atoms with E-state index >= 15 is 0 Å². The van der Waals surface area contributed by atoms with Gasteiger partial charge in [-0.05, 0) is 49.5 Å². The van der Waals surface area contributed by atoms with Crippen molar-refractivity contribution in [2.75, 3.05) is 6.54 Å². The zero-order valence-corrected chi connectivity index (χ0v) is 13.3. The first-order valence-electron chi connectivity index (χ1n) is 8.39. The van der Waals surface area contributed by atoms with E-state index in [0.717, 1.165) is 25.3 Å². The molecular weight excluding hydrogens is 250 g/mol. The van der Waals surface area contributed by atoms with Gasteiger partial charge in [0, 0.05) is 6.04 Å². The monoisotopic (exact) mass is 281 g/mol. The minimum Gasteiger partial charge on any atom is -0.481 e. The van der Waals surface area contributed by atoms with Crippen LogP contribution in [0.15, 0.2) is 0 Å². The van der Waals surface area contributed by atoms with Gasteiger partial charge < -0.3 is 10.4 Å². The molecule has 2 aliphatic rings. The van der Waals surface area contributed by atoms with E-state index in [-0.39, 0.29) is 11.3 Å². The molecule has 3 unspecified atom stereocenters. The minimum absolute atomic E-state index is 0.117. The highest BCUT2D eigenvalue weighted by Crippen LogP contribution is 2.45. The Morgan fingerprint density at radius 2 is 1.80 bits per heavy atom. The van der Waals surface area contributed by atoms with Gasteiger partial charge >= 0.3 is 5.97 Å². The molecule has 2 aliphatic carbocycles. The number of rotatable bonds is 4. The summed E-state index contributed by atoms with van der Waals surface area (Å²) in [4.78, 5) is 11.4. The lowest BCUT2D eigenvalue weighted by molar-refractivity contribution is -0.150. The molecule has 0 spiro atoms. The fourth-order valence-corrected chi connectivity index (χ4v) is 4.23. The second kappa shape index (κ2) is 6.46. The molecule has 116 valence electrons. The summed E-state index contributed by atoms with van der Waals surface area (Å²) in [7, 11) is 0. The van der Waals surface area contributed by atoms with E-state index in [4.69, 9.17) is 0 Å². The van der Waals surface area contributed by atoms with Crippen molar-refractivity contribution in [2.24, 2.45) is 23.2 Å². The molecule has 0 radical (unpaired) electrons. The van der Waals surface area contributed by atoms with Crippen LogP contribution in [0, 0.1) is 23.2 Å². The first-order chi connectivity index (χ1) is 9.43. The van der Waals surface area contributed by atoms with Gasteiger partial charge in [0.15, 0.2) is 0 Å². The maximum absolute atomic E-state index is 11.4. The molecule has 20 heavy (non-hydrogen) atoms. The number of aliphatic carboxylic acids is 1. The van der Waals surface area contributed by atoms with Gasteiger partial charge in [-0.3, -0.25) is 4.79 Å². The smallest absolute Gasteiger partial charge is 0.307 e. The second-order valence-corrected chi connectivity index (χ2v) is 7.60. The molecule has 2 rings (SSSR count). The predicted octanol–water partition coefficient (Wildman–Crippen LogP) is 3.68. The number of carbonyl (C=O) groups is 1. The summed E-state index contributed by atoms with van der Waals surface area (Å²) in [5, 5.41) is 13.2. The normalized spacial score (nSPS) is 34.9. The lowest BCUT2D eigenvalue weighted by Gasteiger charge is -2.46. The summed E-state index contributed by atoms with van der Waals surface area (Å²) in [5.41, 5.74) is -0.117. The molecular formula is C17H31NO2. The van der Waals surface area contributed by atoms with Crippen molar-refractivity contribution < 1.29 is 9.90 Å². The fraction of sp³-hybridized carbons (Fsp3) is 0.941. The number of carboxylic acids is 1. The number of hydrogen-bond acceptors (Lipinski definition) is 2. The summed E-state index contributed by atoms with van der Waals surface area (Å²) in [6.45, 7) is 7.62. The first kappa shape index (κ1) is 15.8. The van der Waals surface area contributed by atoms with Crippen molar-refractivity contribution in [1.82, 2.24) is 5.32 Å². The average molecular weight is 281 g/mol. The maximum atomic E-state index is 11.4. The van der Waals surface area contributed by atoms with Crippen molar-refractivity contribution >= 4 is 5.97 Å². The van der Waals surface area contributed by atoms with Crippen LogP contribution in [0.5, 0.6) is 0 Å². The fourth-order valence-electron chi connectivity index (χ4n) is 4.23. The number of carboxylic acid groups (broad SMARTS) is 1. The average Bonchev–Trinajstić information content (AvgIpc) is 2.41. The number of nitrogens with one attached hydrogen (secondary N) is 1. The van der Waals surface area contributed by atoms with E-state index in [9.17, 15) is 9.90 Å². The summed E-state index contributed by atoms with van der Waals surface area (Å²) in [6.07, 6.45) is 8.75. The Bertz CT molecular complexity index is 334. The Balaban J connectivity index is 1.88. The van der Waals surface area contributed by atoms with Gasteiger partial charge in [0.05, 0.1) is 5.92 Å². The molecule has 3 heteroatoms. The van der Waals surface area contributed by atoms with E-state index in [1.54, 1.807) is 0 Å². The zero-order valence-electron chi connectivity index (χ0n) is 13.3.